The highest BCUT2D eigenvalue weighted by Crippen LogP contribution is 2.32. The van der Waals surface area contributed by atoms with Gasteiger partial charge in [-0.3, -0.25) is 19.7 Å². The van der Waals surface area contributed by atoms with Crippen LogP contribution in [0.3, 0.4) is 0 Å². The van der Waals surface area contributed by atoms with E-state index in [1.807, 2.05) is 18.2 Å². The van der Waals surface area contributed by atoms with Crippen molar-refractivity contribution in [2.24, 2.45) is 0 Å². The van der Waals surface area contributed by atoms with Gasteiger partial charge in [0.1, 0.15) is 0 Å². The van der Waals surface area contributed by atoms with Gasteiger partial charge >= 0.3 is 0 Å². The molecular formula is C25H29N3O6S2. The van der Waals surface area contributed by atoms with Gasteiger partial charge in [-0.05, 0) is 42.7 Å². The third-order valence-electron chi connectivity index (χ3n) is 6.70. The molecule has 36 heavy (non-hydrogen) atoms. The van der Waals surface area contributed by atoms with Gasteiger partial charge in [0.05, 0.1) is 23.0 Å². The molecule has 1 atom stereocenters. The summed E-state index contributed by atoms with van der Waals surface area (Å²) in [6.07, 6.45) is 0.806. The Morgan fingerprint density at radius 3 is 2.53 bits per heavy atom. The Bertz CT molecular complexity index is 1300. The molecule has 1 aromatic heterocycles. The number of morpholine rings is 1. The number of nitrogens with zero attached hydrogens (tertiary/aromatic N) is 2. The smallest absolute Gasteiger partial charge is 0.264 e. The highest BCUT2D eigenvalue weighted by atomic mass is 32.2. The molecule has 0 aliphatic carbocycles. The number of hydrogen-bond acceptors (Lipinski definition) is 8. The summed E-state index contributed by atoms with van der Waals surface area (Å²) in [5.41, 5.74) is 4.38. The summed E-state index contributed by atoms with van der Waals surface area (Å²) in [6.45, 7) is 5.95. The molecular weight excluding hydrogens is 502 g/mol. The molecule has 0 radical (unpaired) electrons. The van der Waals surface area contributed by atoms with Crippen molar-refractivity contribution >= 4 is 33.0 Å². The van der Waals surface area contributed by atoms with E-state index in [-0.39, 0.29) is 18.9 Å². The number of benzene rings is 1. The quantitative estimate of drug-likeness (QED) is 0.317. The first kappa shape index (κ1) is 26.3. The molecule has 2 N–H and O–H groups in total. The highest BCUT2D eigenvalue weighted by molar-refractivity contribution is 7.92. The Kier molecular flexibility index (Phi) is 7.82. The summed E-state index contributed by atoms with van der Waals surface area (Å²) in [6, 6.07) is 10.0. The maximum atomic E-state index is 12.9. The number of rotatable bonds is 7. The number of carbonyl (C=O) groups is 2. The molecule has 0 saturated carbocycles. The largest absolute Gasteiger partial charge is 0.379 e. The first-order valence-electron chi connectivity index (χ1n) is 11.6. The summed E-state index contributed by atoms with van der Waals surface area (Å²) in [4.78, 5) is 30.1. The van der Waals surface area contributed by atoms with Gasteiger partial charge in [0.25, 0.3) is 11.8 Å². The van der Waals surface area contributed by atoms with Crippen LogP contribution in [0, 0.1) is 11.8 Å². The molecule has 0 spiro atoms. The minimum Gasteiger partial charge on any atom is -0.379 e. The van der Waals surface area contributed by atoms with Gasteiger partial charge in [0.2, 0.25) is 0 Å². The SMILES string of the molecule is C[C@@](CCN1Cc2cc(C#Cc3ccc(CN4CCOCC4)cc3)sc2C1=O)(C(=O)NO)S(C)(=O)=O. The Morgan fingerprint density at radius 1 is 1.22 bits per heavy atom. The fourth-order valence-corrected chi connectivity index (χ4v) is 6.01. The minimum absolute atomic E-state index is 0.0645. The second kappa shape index (κ2) is 10.7. The first-order chi connectivity index (χ1) is 17.1. The molecule has 4 rings (SSSR count). The van der Waals surface area contributed by atoms with Crippen molar-refractivity contribution in [3.63, 3.8) is 0 Å². The van der Waals surface area contributed by atoms with Crippen LogP contribution in [0.15, 0.2) is 30.3 Å². The molecule has 1 aromatic carbocycles. The maximum Gasteiger partial charge on any atom is 0.264 e. The zero-order chi connectivity index (χ0) is 25.9. The molecule has 2 aromatic rings. The van der Waals surface area contributed by atoms with Crippen LogP contribution in [-0.4, -0.2) is 79.1 Å². The monoisotopic (exact) mass is 531 g/mol. The zero-order valence-corrected chi connectivity index (χ0v) is 21.9. The molecule has 3 heterocycles. The number of ether oxygens (including phenoxy) is 1. The van der Waals surface area contributed by atoms with E-state index in [1.54, 1.807) is 0 Å². The van der Waals surface area contributed by atoms with Crippen LogP contribution >= 0.6 is 11.3 Å². The van der Waals surface area contributed by atoms with Crippen LogP contribution in [0.2, 0.25) is 0 Å². The molecule has 0 bridgehead atoms. The number of sulfone groups is 1. The Labute approximate surface area is 214 Å². The zero-order valence-electron chi connectivity index (χ0n) is 20.2. The molecule has 192 valence electrons. The Morgan fingerprint density at radius 2 is 1.92 bits per heavy atom. The molecule has 11 heteroatoms. The van der Waals surface area contributed by atoms with Crippen molar-refractivity contribution in [2.45, 2.75) is 31.2 Å². The number of carbonyl (C=O) groups excluding carboxylic acids is 2. The third kappa shape index (κ3) is 5.63. The molecule has 9 nitrogen and oxygen atoms in total. The maximum absolute atomic E-state index is 12.9. The lowest BCUT2D eigenvalue weighted by atomic mass is 10.1. The van der Waals surface area contributed by atoms with Crippen LogP contribution in [0.4, 0.5) is 0 Å². The predicted molar refractivity (Wildman–Crippen MR) is 135 cm³/mol. The fraction of sp³-hybridized carbons (Fsp3) is 0.440. The van der Waals surface area contributed by atoms with Crippen molar-refractivity contribution in [3.05, 3.63) is 56.8 Å². The number of nitrogens with one attached hydrogen (secondary N) is 1. The Hall–Kier alpha value is -2.75. The summed E-state index contributed by atoms with van der Waals surface area (Å²) < 4.78 is 27.9. The highest BCUT2D eigenvalue weighted by Gasteiger charge is 2.44. The van der Waals surface area contributed by atoms with Crippen molar-refractivity contribution in [2.75, 3.05) is 39.1 Å². The summed E-state index contributed by atoms with van der Waals surface area (Å²) >= 11 is 1.31. The van der Waals surface area contributed by atoms with Crippen molar-refractivity contribution in [3.8, 4) is 11.8 Å². The van der Waals surface area contributed by atoms with Crippen LogP contribution in [0.5, 0.6) is 0 Å². The average Bonchev–Trinajstić information content (AvgIpc) is 3.39. The lowest BCUT2D eigenvalue weighted by Crippen LogP contribution is -2.50. The molecule has 1 saturated heterocycles. The number of amides is 2. The van der Waals surface area contributed by atoms with E-state index in [9.17, 15) is 18.0 Å². The van der Waals surface area contributed by atoms with E-state index < -0.39 is 20.5 Å². The molecule has 2 aliphatic rings. The van der Waals surface area contributed by atoms with Crippen LogP contribution in [0.1, 0.15) is 44.6 Å². The van der Waals surface area contributed by atoms with E-state index in [2.05, 4.69) is 28.9 Å². The topological polar surface area (TPSA) is 116 Å². The summed E-state index contributed by atoms with van der Waals surface area (Å²) in [5.74, 6) is 5.06. The summed E-state index contributed by atoms with van der Waals surface area (Å²) in [5, 5.41) is 8.97. The van der Waals surface area contributed by atoms with Gasteiger partial charge in [-0.1, -0.05) is 24.0 Å². The van der Waals surface area contributed by atoms with Crippen molar-refractivity contribution in [1.82, 2.24) is 15.3 Å². The van der Waals surface area contributed by atoms with Crippen molar-refractivity contribution in [1.29, 1.82) is 0 Å². The summed E-state index contributed by atoms with van der Waals surface area (Å²) in [7, 11) is -3.82. The molecule has 2 aliphatic heterocycles. The predicted octanol–water partition coefficient (Wildman–Crippen LogP) is 1.63. The number of thiophene rings is 1. The van der Waals surface area contributed by atoms with Gasteiger partial charge in [-0.15, -0.1) is 11.3 Å². The number of fused-ring (bicyclic) bond motifs is 1. The van der Waals surface area contributed by atoms with Gasteiger partial charge in [-0.25, -0.2) is 13.9 Å². The Balaban J connectivity index is 1.37. The van der Waals surface area contributed by atoms with Crippen LogP contribution in [-0.2, 0) is 32.5 Å². The normalized spacial score (nSPS) is 17.8. The lowest BCUT2D eigenvalue weighted by Gasteiger charge is -2.27. The fourth-order valence-electron chi connectivity index (χ4n) is 4.17. The van der Waals surface area contributed by atoms with E-state index in [1.165, 1.54) is 34.2 Å². The van der Waals surface area contributed by atoms with Gasteiger partial charge in [0, 0.05) is 44.5 Å². The van der Waals surface area contributed by atoms with E-state index in [0.717, 1.165) is 55.1 Å². The van der Waals surface area contributed by atoms with E-state index in [4.69, 9.17) is 9.94 Å². The van der Waals surface area contributed by atoms with E-state index in [0.29, 0.717) is 11.4 Å². The second-order valence-electron chi connectivity index (χ2n) is 9.22. The molecule has 2 amide bonds. The van der Waals surface area contributed by atoms with Gasteiger partial charge in [0.15, 0.2) is 14.6 Å². The standard InChI is InChI=1S/C25H29N3O6S2/c1-25(24(30)26-31,36(2,32)33)9-10-28-17-20-15-21(35-22(20)23(28)29)8-7-18-3-5-19(6-4-18)16-27-11-13-34-14-12-27/h3-6,15,31H,9-14,16-17H2,1-2H3,(H,26,30)/t25-/m1/s1. The van der Waals surface area contributed by atoms with Crippen LogP contribution < -0.4 is 5.48 Å². The molecule has 1 fully saturated rings. The van der Waals surface area contributed by atoms with Gasteiger partial charge in [-0.2, -0.15) is 0 Å². The average molecular weight is 532 g/mol. The third-order valence-corrected chi connectivity index (χ3v) is 9.81. The minimum atomic E-state index is -3.82. The number of hydroxylamine groups is 1. The van der Waals surface area contributed by atoms with Gasteiger partial charge < -0.3 is 9.64 Å². The van der Waals surface area contributed by atoms with Crippen LogP contribution in [0.25, 0.3) is 0 Å². The number of hydrogen-bond donors (Lipinski definition) is 2. The van der Waals surface area contributed by atoms with E-state index >= 15 is 0 Å². The molecule has 0 unspecified atom stereocenters. The first-order valence-corrected chi connectivity index (χ1v) is 14.3. The second-order valence-corrected chi connectivity index (χ2v) is 12.7. The van der Waals surface area contributed by atoms with Crippen molar-refractivity contribution < 1.29 is 28.0 Å². The lowest BCUT2D eigenvalue weighted by molar-refractivity contribution is -0.131.